The maximum absolute atomic E-state index is 6.38. The van der Waals surface area contributed by atoms with E-state index in [9.17, 15) is 0 Å². The van der Waals surface area contributed by atoms with Crippen molar-refractivity contribution in [3.8, 4) is 0 Å². The molecule has 0 aliphatic heterocycles. The lowest BCUT2D eigenvalue weighted by Crippen LogP contribution is -2.27. The second-order valence-electron chi connectivity index (χ2n) is 5.20. The standard InChI is InChI=1S/C15H20BrClN4/c1-4-7-18-14(13-6-5-11(16)8-19-13)15-12(17)9-20-21(15)10(2)3/h5-6,8-10,14,18H,4,7H2,1-3H3. The molecule has 0 bridgehead atoms. The Morgan fingerprint density at radius 1 is 1.33 bits per heavy atom. The molecule has 0 fully saturated rings. The van der Waals surface area contributed by atoms with E-state index in [1.165, 1.54) is 0 Å². The zero-order valence-electron chi connectivity index (χ0n) is 12.5. The van der Waals surface area contributed by atoms with Crippen LogP contribution in [0.1, 0.15) is 50.7 Å². The minimum absolute atomic E-state index is 0.0598. The molecule has 114 valence electrons. The summed E-state index contributed by atoms with van der Waals surface area (Å²) in [6.45, 7) is 7.22. The molecule has 2 rings (SSSR count). The normalized spacial score (nSPS) is 12.9. The van der Waals surface area contributed by atoms with Crippen LogP contribution in [0.2, 0.25) is 5.02 Å². The van der Waals surface area contributed by atoms with Gasteiger partial charge in [-0.05, 0) is 54.9 Å². The zero-order valence-corrected chi connectivity index (χ0v) is 14.8. The first-order valence-electron chi connectivity index (χ1n) is 7.12. The van der Waals surface area contributed by atoms with E-state index < -0.39 is 0 Å². The van der Waals surface area contributed by atoms with Gasteiger partial charge < -0.3 is 5.32 Å². The van der Waals surface area contributed by atoms with Gasteiger partial charge in [0.15, 0.2) is 0 Å². The van der Waals surface area contributed by atoms with E-state index in [4.69, 9.17) is 11.6 Å². The van der Waals surface area contributed by atoms with E-state index in [1.807, 2.05) is 16.8 Å². The fourth-order valence-corrected chi connectivity index (χ4v) is 2.69. The molecule has 0 radical (unpaired) electrons. The van der Waals surface area contributed by atoms with Crippen LogP contribution in [0.15, 0.2) is 29.0 Å². The smallest absolute Gasteiger partial charge is 0.0937 e. The van der Waals surface area contributed by atoms with Crippen LogP contribution in [0.5, 0.6) is 0 Å². The van der Waals surface area contributed by atoms with Gasteiger partial charge in [-0.15, -0.1) is 0 Å². The molecular weight excluding hydrogens is 352 g/mol. The van der Waals surface area contributed by atoms with Crippen LogP contribution in [0.25, 0.3) is 0 Å². The molecule has 2 aromatic rings. The van der Waals surface area contributed by atoms with Crippen LogP contribution >= 0.6 is 27.5 Å². The van der Waals surface area contributed by atoms with Gasteiger partial charge in [0.25, 0.3) is 0 Å². The molecule has 0 aliphatic carbocycles. The summed E-state index contributed by atoms with van der Waals surface area (Å²) < 4.78 is 2.92. The van der Waals surface area contributed by atoms with Crippen molar-refractivity contribution in [3.63, 3.8) is 0 Å². The summed E-state index contributed by atoms with van der Waals surface area (Å²) in [7, 11) is 0. The minimum Gasteiger partial charge on any atom is -0.304 e. The summed E-state index contributed by atoms with van der Waals surface area (Å²) in [5.74, 6) is 0. The number of aromatic nitrogens is 3. The van der Waals surface area contributed by atoms with Gasteiger partial charge in [0.05, 0.1) is 28.6 Å². The van der Waals surface area contributed by atoms with E-state index in [0.717, 1.165) is 28.8 Å². The fourth-order valence-electron chi connectivity index (χ4n) is 2.22. The Kier molecular flexibility index (Phi) is 5.79. The number of hydrogen-bond acceptors (Lipinski definition) is 3. The van der Waals surface area contributed by atoms with Gasteiger partial charge in [-0.25, -0.2) is 0 Å². The van der Waals surface area contributed by atoms with Gasteiger partial charge in [-0.1, -0.05) is 18.5 Å². The maximum atomic E-state index is 6.38. The largest absolute Gasteiger partial charge is 0.304 e. The average molecular weight is 372 g/mol. The van der Waals surface area contributed by atoms with Gasteiger partial charge in [0.2, 0.25) is 0 Å². The van der Waals surface area contributed by atoms with E-state index >= 15 is 0 Å². The molecule has 0 amide bonds. The molecule has 2 aromatic heterocycles. The highest BCUT2D eigenvalue weighted by Gasteiger charge is 2.23. The number of pyridine rings is 1. The van der Waals surface area contributed by atoms with Crippen LogP contribution in [0.3, 0.4) is 0 Å². The molecule has 4 nitrogen and oxygen atoms in total. The highest BCUT2D eigenvalue weighted by Crippen LogP contribution is 2.29. The molecule has 1 atom stereocenters. The van der Waals surface area contributed by atoms with Crippen LogP contribution in [0, 0.1) is 0 Å². The summed E-state index contributed by atoms with van der Waals surface area (Å²) in [5.41, 5.74) is 1.91. The Bertz CT molecular complexity index is 580. The first kappa shape index (κ1) is 16.5. The average Bonchev–Trinajstić information content (AvgIpc) is 2.83. The molecular formula is C15H20BrClN4. The van der Waals surface area contributed by atoms with E-state index in [-0.39, 0.29) is 12.1 Å². The van der Waals surface area contributed by atoms with Crippen molar-refractivity contribution in [1.29, 1.82) is 0 Å². The molecule has 0 saturated heterocycles. The van der Waals surface area contributed by atoms with Crippen molar-refractivity contribution in [1.82, 2.24) is 20.1 Å². The van der Waals surface area contributed by atoms with Crippen molar-refractivity contribution in [2.45, 2.75) is 39.3 Å². The van der Waals surface area contributed by atoms with Crippen LogP contribution in [-0.4, -0.2) is 21.3 Å². The minimum atomic E-state index is -0.0598. The lowest BCUT2D eigenvalue weighted by atomic mass is 10.1. The van der Waals surface area contributed by atoms with Crippen molar-refractivity contribution in [2.24, 2.45) is 0 Å². The fraction of sp³-hybridized carbons (Fsp3) is 0.467. The van der Waals surface area contributed by atoms with Gasteiger partial charge in [-0.2, -0.15) is 5.10 Å². The summed E-state index contributed by atoms with van der Waals surface area (Å²) in [4.78, 5) is 4.52. The van der Waals surface area contributed by atoms with E-state index in [2.05, 4.69) is 52.1 Å². The zero-order chi connectivity index (χ0) is 15.4. The molecule has 0 saturated carbocycles. The van der Waals surface area contributed by atoms with Crippen molar-refractivity contribution in [2.75, 3.05) is 6.54 Å². The predicted octanol–water partition coefficient (Wildman–Crippen LogP) is 4.36. The number of nitrogens with one attached hydrogen (secondary N) is 1. The molecule has 6 heteroatoms. The van der Waals surface area contributed by atoms with Gasteiger partial charge in [-0.3, -0.25) is 9.67 Å². The lowest BCUT2D eigenvalue weighted by molar-refractivity contribution is 0.468. The third kappa shape index (κ3) is 3.84. The monoisotopic (exact) mass is 370 g/mol. The van der Waals surface area contributed by atoms with Crippen molar-refractivity contribution < 1.29 is 0 Å². The van der Waals surface area contributed by atoms with Crippen LogP contribution in [-0.2, 0) is 0 Å². The SMILES string of the molecule is CCCNC(c1ccc(Br)cn1)c1c(Cl)cnn1C(C)C. The molecule has 0 aromatic carbocycles. The summed E-state index contributed by atoms with van der Waals surface area (Å²) >= 11 is 9.81. The Balaban J connectivity index is 2.45. The van der Waals surface area contributed by atoms with E-state index in [0.29, 0.717) is 5.02 Å². The first-order chi connectivity index (χ1) is 10.0. The summed E-state index contributed by atoms with van der Waals surface area (Å²) in [6.07, 6.45) is 4.55. The molecule has 21 heavy (non-hydrogen) atoms. The van der Waals surface area contributed by atoms with Gasteiger partial charge in [0.1, 0.15) is 0 Å². The molecule has 1 unspecified atom stereocenters. The van der Waals surface area contributed by atoms with Crippen molar-refractivity contribution >= 4 is 27.5 Å². The highest BCUT2D eigenvalue weighted by atomic mass is 79.9. The molecule has 0 spiro atoms. The second-order valence-corrected chi connectivity index (χ2v) is 6.53. The maximum Gasteiger partial charge on any atom is 0.0937 e. The molecule has 2 heterocycles. The Labute approximate surface area is 139 Å². The lowest BCUT2D eigenvalue weighted by Gasteiger charge is -2.22. The predicted molar refractivity (Wildman–Crippen MR) is 89.7 cm³/mol. The Hall–Kier alpha value is -0.910. The van der Waals surface area contributed by atoms with E-state index in [1.54, 1.807) is 12.4 Å². The number of rotatable bonds is 6. The number of hydrogen-bond donors (Lipinski definition) is 1. The van der Waals surface area contributed by atoms with Gasteiger partial charge in [0, 0.05) is 16.7 Å². The highest BCUT2D eigenvalue weighted by molar-refractivity contribution is 9.10. The Morgan fingerprint density at radius 2 is 2.10 bits per heavy atom. The summed E-state index contributed by atoms with van der Waals surface area (Å²) in [5, 5.41) is 8.58. The summed E-state index contributed by atoms with van der Waals surface area (Å²) in [6, 6.07) is 4.18. The third-order valence-electron chi connectivity index (χ3n) is 3.19. The topological polar surface area (TPSA) is 42.7 Å². The third-order valence-corrected chi connectivity index (χ3v) is 3.95. The second kappa shape index (κ2) is 7.38. The molecule has 1 N–H and O–H groups in total. The first-order valence-corrected chi connectivity index (χ1v) is 8.29. The van der Waals surface area contributed by atoms with Crippen LogP contribution < -0.4 is 5.32 Å². The Morgan fingerprint density at radius 3 is 2.67 bits per heavy atom. The van der Waals surface area contributed by atoms with Gasteiger partial charge >= 0.3 is 0 Å². The van der Waals surface area contributed by atoms with Crippen molar-refractivity contribution in [3.05, 3.63) is 45.4 Å². The van der Waals surface area contributed by atoms with Crippen LogP contribution in [0.4, 0.5) is 0 Å². The molecule has 0 aliphatic rings. The number of halogens is 2. The number of nitrogens with zero attached hydrogens (tertiary/aromatic N) is 3. The quantitative estimate of drug-likeness (QED) is 0.820.